The molecule has 1 fully saturated rings. The van der Waals surface area contributed by atoms with Gasteiger partial charge in [-0.25, -0.2) is 0 Å². The van der Waals surface area contributed by atoms with Crippen LogP contribution < -0.4 is 5.73 Å². The highest BCUT2D eigenvalue weighted by Gasteiger charge is 2.50. The van der Waals surface area contributed by atoms with Crippen LogP contribution in [0.1, 0.15) is 95.6 Å². The summed E-state index contributed by atoms with van der Waals surface area (Å²) >= 11 is 0. The van der Waals surface area contributed by atoms with Gasteiger partial charge in [0.05, 0.1) is 12.0 Å². The smallest absolute Gasteiger partial charge is 0.309 e. The van der Waals surface area contributed by atoms with Gasteiger partial charge in [-0.05, 0) is 118 Å². The van der Waals surface area contributed by atoms with E-state index >= 15 is 0 Å². The molecule has 7 atom stereocenters. The van der Waals surface area contributed by atoms with Gasteiger partial charge in [0.2, 0.25) is 0 Å². The molecule has 0 radical (unpaired) electrons. The van der Waals surface area contributed by atoms with E-state index in [1.165, 1.54) is 49.7 Å². The average Bonchev–Trinajstić information content (AvgIpc) is 2.83. The Labute approximate surface area is 219 Å². The lowest BCUT2D eigenvalue weighted by Crippen LogP contribution is -2.50. The lowest BCUT2D eigenvalue weighted by atomic mass is 9.53. The predicted octanol–water partition coefficient (Wildman–Crippen LogP) is 6.79. The fraction of sp³-hybridized carbons (Fsp3) is 0.719. The van der Waals surface area contributed by atoms with E-state index in [-0.39, 0.29) is 17.8 Å². The first-order valence-corrected chi connectivity index (χ1v) is 14.8. The van der Waals surface area contributed by atoms with E-state index in [4.69, 9.17) is 5.73 Å². The first-order valence-electron chi connectivity index (χ1n) is 14.8. The summed E-state index contributed by atoms with van der Waals surface area (Å²) in [4.78, 5) is 12.5. The van der Waals surface area contributed by atoms with Crippen LogP contribution in [0.4, 0.5) is 0 Å². The highest BCUT2D eigenvalue weighted by Crippen LogP contribution is 2.52. The van der Waals surface area contributed by atoms with Crippen molar-refractivity contribution in [3.8, 4) is 0 Å². The molecule has 2 aliphatic rings. The molecule has 36 heavy (non-hydrogen) atoms. The van der Waals surface area contributed by atoms with Crippen LogP contribution in [0.25, 0.3) is 0 Å². The zero-order valence-corrected chi connectivity index (χ0v) is 22.8. The van der Waals surface area contributed by atoms with E-state index in [1.807, 2.05) is 0 Å². The van der Waals surface area contributed by atoms with E-state index < -0.39 is 18.0 Å². The number of unbranched alkanes of at least 4 members (excludes halogenated alkanes) is 5. The quantitative estimate of drug-likeness (QED) is 0.195. The average molecular weight is 498 g/mol. The van der Waals surface area contributed by atoms with Gasteiger partial charge in [0.15, 0.2) is 0 Å². The second-order valence-electron chi connectivity index (χ2n) is 11.6. The van der Waals surface area contributed by atoms with Gasteiger partial charge in [-0.3, -0.25) is 4.79 Å². The Morgan fingerprint density at radius 3 is 2.42 bits per heavy atom. The minimum Gasteiger partial charge on any atom is -0.481 e. The van der Waals surface area contributed by atoms with Gasteiger partial charge >= 0.3 is 5.97 Å². The SMILES string of the molecule is CCCCCC/C=C\CCC[C@H]1[C@@H]2CCc3ccccc3C[C@@H](C2)[C@H]([C@H](C(=O)O)[C@H](C)O)[C@H]1CCN. The van der Waals surface area contributed by atoms with Crippen LogP contribution >= 0.6 is 0 Å². The third-order valence-electron chi connectivity index (χ3n) is 9.20. The van der Waals surface area contributed by atoms with Crippen molar-refractivity contribution in [2.75, 3.05) is 6.54 Å². The molecular weight excluding hydrogens is 446 g/mol. The van der Waals surface area contributed by atoms with Crippen molar-refractivity contribution in [2.24, 2.45) is 41.2 Å². The van der Waals surface area contributed by atoms with Crippen molar-refractivity contribution in [1.29, 1.82) is 0 Å². The molecule has 1 aromatic rings. The third-order valence-corrected chi connectivity index (χ3v) is 9.20. The van der Waals surface area contributed by atoms with Gasteiger partial charge in [-0.1, -0.05) is 62.6 Å². The van der Waals surface area contributed by atoms with Crippen molar-refractivity contribution in [2.45, 2.75) is 103 Å². The number of benzene rings is 1. The van der Waals surface area contributed by atoms with Crippen molar-refractivity contribution in [1.82, 2.24) is 0 Å². The number of allylic oxidation sites excluding steroid dienone is 2. The summed E-state index contributed by atoms with van der Waals surface area (Å²) in [7, 11) is 0. The van der Waals surface area contributed by atoms with Gasteiger partial charge in [0.1, 0.15) is 0 Å². The van der Waals surface area contributed by atoms with Gasteiger partial charge in [0, 0.05) is 0 Å². The minimum absolute atomic E-state index is 0.0347. The molecule has 4 N–H and O–H groups in total. The number of aliphatic hydroxyl groups excluding tert-OH is 1. The maximum Gasteiger partial charge on any atom is 0.309 e. The van der Waals surface area contributed by atoms with Crippen LogP contribution in [0.3, 0.4) is 0 Å². The number of hydrogen-bond donors (Lipinski definition) is 3. The van der Waals surface area contributed by atoms with Crippen LogP contribution in [0, 0.1) is 35.5 Å². The van der Waals surface area contributed by atoms with Gasteiger partial charge in [0.25, 0.3) is 0 Å². The van der Waals surface area contributed by atoms with Crippen molar-refractivity contribution < 1.29 is 15.0 Å². The second kappa shape index (κ2) is 14.9. The van der Waals surface area contributed by atoms with Crippen LogP contribution in [-0.2, 0) is 17.6 Å². The molecule has 0 amide bonds. The topological polar surface area (TPSA) is 83.5 Å². The highest BCUT2D eigenvalue weighted by molar-refractivity contribution is 5.71. The molecule has 2 aliphatic carbocycles. The molecule has 0 saturated heterocycles. The molecule has 0 spiro atoms. The lowest BCUT2D eigenvalue weighted by molar-refractivity contribution is -0.154. The van der Waals surface area contributed by atoms with E-state index in [9.17, 15) is 15.0 Å². The minimum atomic E-state index is -0.860. The van der Waals surface area contributed by atoms with E-state index in [1.54, 1.807) is 6.92 Å². The Morgan fingerprint density at radius 2 is 1.75 bits per heavy atom. The molecule has 3 rings (SSSR count). The highest BCUT2D eigenvalue weighted by atomic mass is 16.4. The molecule has 202 valence electrons. The largest absolute Gasteiger partial charge is 0.481 e. The molecule has 0 unspecified atom stereocenters. The van der Waals surface area contributed by atoms with Crippen molar-refractivity contribution in [3.05, 3.63) is 47.5 Å². The summed E-state index contributed by atoms with van der Waals surface area (Å²) < 4.78 is 0. The number of aliphatic carboxylic acids is 1. The fourth-order valence-corrected chi connectivity index (χ4v) is 7.58. The first kappa shape index (κ1) is 28.9. The third kappa shape index (κ3) is 7.68. The Bertz CT molecular complexity index is 819. The summed E-state index contributed by atoms with van der Waals surface area (Å²) in [5.41, 5.74) is 8.95. The molecule has 2 bridgehead atoms. The predicted molar refractivity (Wildman–Crippen MR) is 149 cm³/mol. The Balaban J connectivity index is 1.80. The molecule has 1 saturated carbocycles. The number of carboxylic acid groups (broad SMARTS) is 1. The monoisotopic (exact) mass is 497 g/mol. The van der Waals surface area contributed by atoms with Gasteiger partial charge in [-0.15, -0.1) is 0 Å². The Hall–Kier alpha value is -1.65. The standard InChI is InChI=1S/C32H51NO3/c1-3-4-5-6-7-8-9-10-11-16-28-26-18-17-24-14-12-13-15-25(24)21-27(22-26)31(29(28)19-20-33)30(23(2)34)32(35)36/h8-9,12-15,23,26-31,34H,3-7,10-11,16-22,33H2,1-2H3,(H,35,36)/b9-8-/t23-,26+,27-,28-,29-,30+,31-/m0/s1. The van der Waals surface area contributed by atoms with E-state index in [0.717, 1.165) is 44.9 Å². The number of aliphatic hydroxyl groups is 1. The van der Waals surface area contributed by atoms with Crippen molar-refractivity contribution in [3.63, 3.8) is 0 Å². The summed E-state index contributed by atoms with van der Waals surface area (Å²) in [5.74, 6) is 0.0182. The maximum atomic E-state index is 12.5. The lowest BCUT2D eigenvalue weighted by Gasteiger charge is -2.51. The molecule has 1 aromatic carbocycles. The first-order chi connectivity index (χ1) is 17.5. The summed E-state index contributed by atoms with van der Waals surface area (Å²) in [5, 5.41) is 20.9. The number of rotatable bonds is 14. The fourth-order valence-electron chi connectivity index (χ4n) is 7.58. The summed E-state index contributed by atoms with van der Waals surface area (Å²) in [6.45, 7) is 4.50. The number of aryl methyl sites for hydroxylation is 1. The zero-order chi connectivity index (χ0) is 25.9. The Morgan fingerprint density at radius 1 is 1.03 bits per heavy atom. The zero-order valence-electron chi connectivity index (χ0n) is 22.8. The van der Waals surface area contributed by atoms with Gasteiger partial charge < -0.3 is 15.9 Å². The number of carboxylic acids is 1. The van der Waals surface area contributed by atoms with Crippen LogP contribution in [0.5, 0.6) is 0 Å². The molecule has 0 heterocycles. The van der Waals surface area contributed by atoms with Gasteiger partial charge in [-0.2, -0.15) is 0 Å². The number of hydrogen-bond acceptors (Lipinski definition) is 3. The molecule has 0 aromatic heterocycles. The summed E-state index contributed by atoms with van der Waals surface area (Å²) in [6.07, 6.45) is 18.8. The van der Waals surface area contributed by atoms with Crippen LogP contribution in [0.2, 0.25) is 0 Å². The second-order valence-corrected chi connectivity index (χ2v) is 11.6. The molecule has 0 aliphatic heterocycles. The van der Waals surface area contributed by atoms with E-state index in [0.29, 0.717) is 18.4 Å². The molecule has 4 heteroatoms. The number of fused-ring (bicyclic) bond motifs is 3. The molecular formula is C32H51NO3. The summed E-state index contributed by atoms with van der Waals surface area (Å²) in [6, 6.07) is 8.72. The molecule has 4 nitrogen and oxygen atoms in total. The number of carbonyl (C=O) groups is 1. The van der Waals surface area contributed by atoms with E-state index in [2.05, 4.69) is 43.3 Å². The Kier molecular flexibility index (Phi) is 12.0. The van der Waals surface area contributed by atoms with Crippen molar-refractivity contribution >= 4 is 5.97 Å². The normalized spacial score (nSPS) is 27.7. The maximum absolute atomic E-state index is 12.5. The van der Waals surface area contributed by atoms with Crippen LogP contribution in [0.15, 0.2) is 36.4 Å². The number of nitrogens with two attached hydrogens (primary N) is 1. The van der Waals surface area contributed by atoms with Crippen LogP contribution in [-0.4, -0.2) is 28.8 Å².